The topological polar surface area (TPSA) is 68.0 Å². The van der Waals surface area contributed by atoms with Crippen LogP contribution in [0.5, 0.6) is 0 Å². The third kappa shape index (κ3) is 1.94. The zero-order valence-electron chi connectivity index (χ0n) is 5.42. The van der Waals surface area contributed by atoms with Crippen LogP contribution in [0.25, 0.3) is 0 Å². The van der Waals surface area contributed by atoms with Crippen LogP contribution in [0.1, 0.15) is 0 Å². The minimum atomic E-state index is -4.93. The maximum Gasteiger partial charge on any atom is 0.471 e. The van der Waals surface area contributed by atoms with Crippen LogP contribution >= 0.6 is 0 Å². The van der Waals surface area contributed by atoms with Crippen molar-refractivity contribution >= 4 is 11.7 Å². The zero-order valence-corrected chi connectivity index (χ0v) is 5.42. The Labute approximate surface area is 63.5 Å². The first-order valence-corrected chi connectivity index (χ1v) is 2.66. The second-order valence-electron chi connectivity index (χ2n) is 1.74. The van der Waals surface area contributed by atoms with Gasteiger partial charge in [-0.3, -0.25) is 10.1 Å². The number of rotatable bonds is 1. The number of anilines is 1. The van der Waals surface area contributed by atoms with Crippen molar-refractivity contribution in [2.75, 3.05) is 5.32 Å². The van der Waals surface area contributed by atoms with E-state index in [1.807, 2.05) is 0 Å². The summed E-state index contributed by atoms with van der Waals surface area (Å²) in [4.78, 5) is 10.2. The Morgan fingerprint density at radius 1 is 1.58 bits per heavy atom. The lowest BCUT2D eigenvalue weighted by Crippen LogP contribution is -2.30. The third-order valence-electron chi connectivity index (χ3n) is 0.860. The van der Waals surface area contributed by atoms with Crippen molar-refractivity contribution in [3.63, 3.8) is 0 Å². The van der Waals surface area contributed by atoms with Gasteiger partial charge in [-0.2, -0.15) is 13.2 Å². The van der Waals surface area contributed by atoms with Crippen molar-refractivity contribution in [3.8, 4) is 0 Å². The van der Waals surface area contributed by atoms with Crippen molar-refractivity contribution in [2.45, 2.75) is 6.18 Å². The lowest BCUT2D eigenvalue weighted by Gasteiger charge is -2.02. The fraction of sp³-hybridized carbons (Fsp3) is 0.250. The summed E-state index contributed by atoms with van der Waals surface area (Å²) in [6.45, 7) is 0. The summed E-state index contributed by atoms with van der Waals surface area (Å²) in [5.74, 6) is -2.49. The molecule has 8 heteroatoms. The van der Waals surface area contributed by atoms with Crippen LogP contribution in [0.3, 0.4) is 0 Å². The van der Waals surface area contributed by atoms with E-state index >= 15 is 0 Å². The van der Waals surface area contributed by atoms with Crippen LogP contribution in [0.15, 0.2) is 10.8 Å². The number of hydrogen-bond donors (Lipinski definition) is 1. The number of hydrogen-bond acceptors (Lipinski definition) is 4. The Bertz CT molecular complexity index is 268. The molecule has 0 unspecified atom stereocenters. The van der Waals surface area contributed by atoms with Gasteiger partial charge in [0.2, 0.25) is 0 Å². The number of halogens is 3. The molecule has 12 heavy (non-hydrogen) atoms. The summed E-state index contributed by atoms with van der Waals surface area (Å²) in [6, 6.07) is 0. The van der Waals surface area contributed by atoms with Gasteiger partial charge in [-0.15, -0.1) is 0 Å². The van der Waals surface area contributed by atoms with Crippen LogP contribution in [0.4, 0.5) is 19.0 Å². The van der Waals surface area contributed by atoms with Gasteiger partial charge in [-0.1, -0.05) is 5.16 Å². The number of aromatic nitrogens is 2. The molecule has 1 rings (SSSR count). The first-order valence-electron chi connectivity index (χ1n) is 2.66. The lowest BCUT2D eigenvalue weighted by atomic mass is 10.5. The molecule has 1 heterocycles. The number of nitrogens with one attached hydrogen (secondary N) is 1. The predicted molar refractivity (Wildman–Crippen MR) is 29.0 cm³/mol. The quantitative estimate of drug-likeness (QED) is 0.687. The number of nitrogens with zero attached hydrogens (tertiary/aromatic N) is 2. The smallest absolute Gasteiger partial charge is 0.299 e. The van der Waals surface area contributed by atoms with Crippen molar-refractivity contribution in [1.29, 1.82) is 0 Å². The lowest BCUT2D eigenvalue weighted by molar-refractivity contribution is -0.167. The summed E-state index contributed by atoms with van der Waals surface area (Å²) in [6.07, 6.45) is -4.08. The number of amides is 1. The molecule has 1 amide bonds. The molecule has 66 valence electrons. The molecule has 1 N–H and O–H groups in total. The highest BCUT2D eigenvalue weighted by Crippen LogP contribution is 2.16. The van der Waals surface area contributed by atoms with E-state index in [0.29, 0.717) is 0 Å². The van der Waals surface area contributed by atoms with E-state index in [2.05, 4.69) is 14.9 Å². The first-order chi connectivity index (χ1) is 5.50. The molecule has 0 saturated heterocycles. The molecule has 1 aromatic heterocycles. The van der Waals surface area contributed by atoms with Crippen LogP contribution < -0.4 is 5.32 Å². The van der Waals surface area contributed by atoms with Crippen LogP contribution in [0.2, 0.25) is 0 Å². The SMILES string of the molecule is O=C(Nc1cnon1)C(F)(F)F. The van der Waals surface area contributed by atoms with E-state index < -0.39 is 12.1 Å². The Morgan fingerprint density at radius 2 is 2.25 bits per heavy atom. The second kappa shape index (κ2) is 2.80. The fourth-order valence-electron chi connectivity index (χ4n) is 0.407. The number of carbonyl (C=O) groups is 1. The van der Waals surface area contributed by atoms with Gasteiger partial charge in [0, 0.05) is 0 Å². The molecule has 0 radical (unpaired) electrons. The average Bonchev–Trinajstić information content (AvgIpc) is 2.37. The van der Waals surface area contributed by atoms with E-state index in [0.717, 1.165) is 6.20 Å². The van der Waals surface area contributed by atoms with Crippen molar-refractivity contribution in [2.24, 2.45) is 0 Å². The molecule has 0 fully saturated rings. The summed E-state index contributed by atoms with van der Waals surface area (Å²) in [5, 5.41) is 7.37. The second-order valence-corrected chi connectivity index (χ2v) is 1.74. The molecule has 5 nitrogen and oxygen atoms in total. The molecular weight excluding hydrogens is 179 g/mol. The highest BCUT2D eigenvalue weighted by molar-refractivity contribution is 5.93. The van der Waals surface area contributed by atoms with Gasteiger partial charge in [0.05, 0.1) is 0 Å². The van der Waals surface area contributed by atoms with Gasteiger partial charge >= 0.3 is 12.1 Å². The maximum absolute atomic E-state index is 11.6. The van der Waals surface area contributed by atoms with E-state index in [1.165, 1.54) is 5.32 Å². The van der Waals surface area contributed by atoms with Gasteiger partial charge in [0.25, 0.3) is 0 Å². The van der Waals surface area contributed by atoms with Crippen molar-refractivity contribution < 1.29 is 22.6 Å². The predicted octanol–water partition coefficient (Wildman–Crippen LogP) is 0.570. The standard InChI is InChI=1S/C4H2F3N3O2/c5-4(6,7)3(11)9-2-1-8-12-10-2/h1H,(H,9,10,11). The fourth-order valence-corrected chi connectivity index (χ4v) is 0.407. The largest absolute Gasteiger partial charge is 0.471 e. The normalized spacial score (nSPS) is 11.2. The van der Waals surface area contributed by atoms with Gasteiger partial charge in [0.15, 0.2) is 5.82 Å². The van der Waals surface area contributed by atoms with E-state index in [9.17, 15) is 18.0 Å². The first kappa shape index (κ1) is 8.50. The Morgan fingerprint density at radius 3 is 2.67 bits per heavy atom. The minimum Gasteiger partial charge on any atom is -0.299 e. The highest BCUT2D eigenvalue weighted by atomic mass is 19.4. The molecule has 0 aliphatic rings. The summed E-state index contributed by atoms with van der Waals surface area (Å²) < 4.78 is 38.6. The Hall–Kier alpha value is -1.60. The average molecular weight is 181 g/mol. The maximum atomic E-state index is 11.6. The van der Waals surface area contributed by atoms with Crippen LogP contribution in [0, 0.1) is 0 Å². The summed E-state index contributed by atoms with van der Waals surface area (Å²) >= 11 is 0. The number of alkyl halides is 3. The molecule has 0 aliphatic heterocycles. The number of carbonyl (C=O) groups excluding carboxylic acids is 1. The summed E-state index contributed by atoms with van der Waals surface area (Å²) in [7, 11) is 0. The summed E-state index contributed by atoms with van der Waals surface area (Å²) in [5.41, 5.74) is 0. The molecule has 0 saturated carbocycles. The molecule has 0 bridgehead atoms. The van der Waals surface area contributed by atoms with Gasteiger partial charge < -0.3 is 0 Å². The van der Waals surface area contributed by atoms with Gasteiger partial charge in [-0.05, 0) is 5.16 Å². The van der Waals surface area contributed by atoms with Crippen molar-refractivity contribution in [1.82, 2.24) is 10.3 Å². The Balaban J connectivity index is 2.60. The third-order valence-corrected chi connectivity index (χ3v) is 0.860. The van der Waals surface area contributed by atoms with E-state index in [1.54, 1.807) is 0 Å². The molecule has 0 aliphatic carbocycles. The Kier molecular flexibility index (Phi) is 1.98. The molecular formula is C4H2F3N3O2. The zero-order chi connectivity index (χ0) is 9.19. The van der Waals surface area contributed by atoms with E-state index in [4.69, 9.17) is 0 Å². The molecule has 1 aromatic rings. The van der Waals surface area contributed by atoms with Crippen molar-refractivity contribution in [3.05, 3.63) is 6.20 Å². The minimum absolute atomic E-state index is 0.377. The molecule has 0 atom stereocenters. The van der Waals surface area contributed by atoms with Gasteiger partial charge in [0.1, 0.15) is 6.20 Å². The van der Waals surface area contributed by atoms with Crippen LogP contribution in [-0.2, 0) is 4.79 Å². The molecule has 0 spiro atoms. The van der Waals surface area contributed by atoms with Crippen LogP contribution in [-0.4, -0.2) is 22.4 Å². The van der Waals surface area contributed by atoms with Gasteiger partial charge in [-0.25, -0.2) is 4.63 Å². The molecule has 0 aromatic carbocycles. The highest BCUT2D eigenvalue weighted by Gasteiger charge is 2.39. The monoisotopic (exact) mass is 181 g/mol. The van der Waals surface area contributed by atoms with E-state index in [-0.39, 0.29) is 5.82 Å².